The molecule has 0 saturated heterocycles. The third-order valence-corrected chi connectivity index (χ3v) is 4.76. The molecule has 0 fully saturated rings. The Hall–Kier alpha value is -3.56. The Morgan fingerprint density at radius 2 is 1.82 bits per heavy atom. The van der Waals surface area contributed by atoms with Crippen LogP contribution in [0.1, 0.15) is 38.3 Å². The number of fused-ring (bicyclic) bond motifs is 1. The van der Waals surface area contributed by atoms with Gasteiger partial charge in [-0.25, -0.2) is 4.79 Å². The van der Waals surface area contributed by atoms with Crippen LogP contribution < -0.4 is 4.74 Å². The minimum absolute atomic E-state index is 0.0388. The number of benzene rings is 2. The number of phenols is 1. The van der Waals surface area contributed by atoms with Crippen LogP contribution >= 0.6 is 0 Å². The highest BCUT2D eigenvalue weighted by molar-refractivity contribution is 5.81. The van der Waals surface area contributed by atoms with Crippen LogP contribution in [-0.4, -0.2) is 39.3 Å². The molecule has 0 unspecified atom stereocenters. The maximum Gasteiger partial charge on any atom is 0.416 e. The van der Waals surface area contributed by atoms with Crippen LogP contribution in [0.25, 0.3) is 16.7 Å². The summed E-state index contributed by atoms with van der Waals surface area (Å²) in [6.07, 6.45) is -3.01. The number of carbonyl (C=O) groups excluding carboxylic acids is 1. The van der Waals surface area contributed by atoms with Crippen LogP contribution in [-0.2, 0) is 21.1 Å². The molecule has 7 nitrogen and oxygen atoms in total. The highest BCUT2D eigenvalue weighted by atomic mass is 19.4. The average molecular weight is 463 g/mol. The minimum atomic E-state index is -4.51. The van der Waals surface area contributed by atoms with Gasteiger partial charge in [-0.2, -0.15) is 13.2 Å². The van der Waals surface area contributed by atoms with E-state index in [4.69, 9.17) is 9.47 Å². The highest BCUT2D eigenvalue weighted by Crippen LogP contribution is 2.39. The number of aromatic hydroxyl groups is 1. The van der Waals surface area contributed by atoms with E-state index in [1.54, 1.807) is 6.07 Å². The van der Waals surface area contributed by atoms with Gasteiger partial charge in [0.15, 0.2) is 0 Å². The second-order valence-electron chi connectivity index (χ2n) is 8.35. The van der Waals surface area contributed by atoms with Crippen LogP contribution in [0, 0.1) is 0 Å². The van der Waals surface area contributed by atoms with Gasteiger partial charge < -0.3 is 14.6 Å². The number of alkyl halides is 3. The summed E-state index contributed by atoms with van der Waals surface area (Å²) in [5.74, 6) is -0.228. The molecule has 10 heteroatoms. The second-order valence-corrected chi connectivity index (χ2v) is 8.35. The number of halogens is 3. The number of hydrogen-bond donors (Lipinski definition) is 1. The Morgan fingerprint density at radius 3 is 2.45 bits per heavy atom. The Morgan fingerprint density at radius 1 is 1.12 bits per heavy atom. The lowest BCUT2D eigenvalue weighted by atomic mass is 9.86. The van der Waals surface area contributed by atoms with Crippen LogP contribution in [0.5, 0.6) is 11.5 Å². The first kappa shape index (κ1) is 24.1. The van der Waals surface area contributed by atoms with Crippen molar-refractivity contribution in [1.29, 1.82) is 0 Å². The van der Waals surface area contributed by atoms with Crippen molar-refractivity contribution in [3.8, 4) is 17.2 Å². The molecule has 0 aliphatic heterocycles. The Bertz CT molecular complexity index is 1180. The van der Waals surface area contributed by atoms with Crippen LogP contribution in [0.3, 0.4) is 0 Å². The van der Waals surface area contributed by atoms with E-state index in [2.05, 4.69) is 16.8 Å². The lowest BCUT2D eigenvalue weighted by molar-refractivity contribution is -0.138. The zero-order valence-electron chi connectivity index (χ0n) is 18.4. The molecule has 3 aromatic rings. The molecule has 0 amide bonds. The van der Waals surface area contributed by atoms with Crippen LogP contribution in [0.4, 0.5) is 13.2 Å². The monoisotopic (exact) mass is 463 g/mol. The van der Waals surface area contributed by atoms with E-state index < -0.39 is 23.1 Å². The number of nitrogens with zero attached hydrogens (tertiary/aromatic N) is 3. The maximum atomic E-state index is 13.0. The molecule has 176 valence electrons. The lowest BCUT2D eigenvalue weighted by Crippen LogP contribution is -2.14. The molecule has 0 atom stereocenters. The molecule has 1 aromatic heterocycles. The van der Waals surface area contributed by atoms with Crippen LogP contribution in [0.15, 0.2) is 43.0 Å². The number of aromatic nitrogens is 3. The van der Waals surface area contributed by atoms with Crippen LogP contribution in [0.2, 0.25) is 0 Å². The molecule has 1 N–H and O–H groups in total. The number of esters is 1. The van der Waals surface area contributed by atoms with Crippen molar-refractivity contribution in [3.05, 3.63) is 54.1 Å². The van der Waals surface area contributed by atoms with E-state index >= 15 is 0 Å². The normalized spacial score (nSPS) is 12.1. The summed E-state index contributed by atoms with van der Waals surface area (Å²) in [6.45, 7) is 9.38. The predicted octanol–water partition coefficient (Wildman–Crippen LogP) is 4.94. The third kappa shape index (κ3) is 5.63. The van der Waals surface area contributed by atoms with Gasteiger partial charge in [-0.15, -0.1) is 15.0 Å². The number of hydrogen-bond acceptors (Lipinski definition) is 6. The van der Waals surface area contributed by atoms with E-state index in [0.717, 1.165) is 23.0 Å². The van der Waals surface area contributed by atoms with Gasteiger partial charge in [-0.3, -0.25) is 0 Å². The van der Waals surface area contributed by atoms with E-state index in [1.165, 1.54) is 12.1 Å². The van der Waals surface area contributed by atoms with Crippen molar-refractivity contribution in [2.45, 2.75) is 38.8 Å². The first-order chi connectivity index (χ1) is 15.4. The molecule has 0 aliphatic rings. The molecule has 2 aromatic carbocycles. The average Bonchev–Trinajstić information content (AvgIpc) is 3.15. The third-order valence-electron chi connectivity index (χ3n) is 4.76. The van der Waals surface area contributed by atoms with E-state index in [0.29, 0.717) is 17.7 Å². The Labute approximate surface area is 188 Å². The number of carbonyl (C=O) groups is 1. The number of ether oxygens (including phenoxy) is 2. The summed E-state index contributed by atoms with van der Waals surface area (Å²) in [5.41, 5.74) is -0.318. The molecule has 0 aliphatic carbocycles. The van der Waals surface area contributed by atoms with Crippen molar-refractivity contribution in [3.63, 3.8) is 0 Å². The molecule has 33 heavy (non-hydrogen) atoms. The summed E-state index contributed by atoms with van der Waals surface area (Å²) in [6, 6.07) is 6.25. The maximum absolute atomic E-state index is 13.0. The quantitative estimate of drug-likeness (QED) is 0.303. The van der Waals surface area contributed by atoms with E-state index in [1.807, 2.05) is 20.8 Å². The largest absolute Gasteiger partial charge is 0.505 e. The second kappa shape index (κ2) is 9.13. The summed E-state index contributed by atoms with van der Waals surface area (Å²) >= 11 is 0. The molecule has 0 bridgehead atoms. The Balaban J connectivity index is 1.94. The summed E-state index contributed by atoms with van der Waals surface area (Å²) in [5, 5.41) is 19.3. The molecule has 1 heterocycles. The topological polar surface area (TPSA) is 86.5 Å². The molecule has 0 radical (unpaired) electrons. The van der Waals surface area contributed by atoms with Crippen molar-refractivity contribution in [1.82, 2.24) is 15.0 Å². The first-order valence-corrected chi connectivity index (χ1v) is 10.1. The summed E-state index contributed by atoms with van der Waals surface area (Å²) < 4.78 is 49.8. The first-order valence-electron chi connectivity index (χ1n) is 10.1. The van der Waals surface area contributed by atoms with Crippen molar-refractivity contribution >= 4 is 17.0 Å². The van der Waals surface area contributed by atoms with E-state index in [-0.39, 0.29) is 35.7 Å². The fourth-order valence-electron chi connectivity index (χ4n) is 3.08. The minimum Gasteiger partial charge on any atom is -0.505 e. The summed E-state index contributed by atoms with van der Waals surface area (Å²) in [7, 11) is 0. The van der Waals surface area contributed by atoms with Gasteiger partial charge in [0, 0.05) is 24.1 Å². The zero-order chi connectivity index (χ0) is 24.4. The number of rotatable bonds is 7. The lowest BCUT2D eigenvalue weighted by Gasteiger charge is -2.23. The molecule has 3 rings (SSSR count). The van der Waals surface area contributed by atoms with Gasteiger partial charge in [0.1, 0.15) is 28.2 Å². The van der Waals surface area contributed by atoms with Crippen molar-refractivity contribution < 1.29 is 32.5 Å². The van der Waals surface area contributed by atoms with Gasteiger partial charge in [-0.05, 0) is 29.7 Å². The highest BCUT2D eigenvalue weighted by Gasteiger charge is 2.31. The fraction of sp³-hybridized carbons (Fsp3) is 0.348. The SMILES string of the molecule is C=CC(=O)OCCCOc1cc(-n2nc3ccc(C(F)(F)F)cc3n2)c(O)c(C(C)(C)C)c1. The van der Waals surface area contributed by atoms with Crippen molar-refractivity contribution in [2.75, 3.05) is 13.2 Å². The van der Waals surface area contributed by atoms with E-state index in [9.17, 15) is 23.1 Å². The zero-order valence-corrected chi connectivity index (χ0v) is 18.4. The Kier molecular flexibility index (Phi) is 6.66. The van der Waals surface area contributed by atoms with Gasteiger partial charge in [-0.1, -0.05) is 27.4 Å². The number of phenolic OH excluding ortho intramolecular Hbond substituents is 1. The molecule has 0 saturated carbocycles. The molecule has 0 spiro atoms. The fourth-order valence-corrected chi connectivity index (χ4v) is 3.08. The summed E-state index contributed by atoms with van der Waals surface area (Å²) in [4.78, 5) is 12.2. The smallest absolute Gasteiger partial charge is 0.416 e. The molecular formula is C23H24F3N3O4. The molecular weight excluding hydrogens is 439 g/mol. The van der Waals surface area contributed by atoms with Gasteiger partial charge in [0.2, 0.25) is 0 Å². The van der Waals surface area contributed by atoms with Gasteiger partial charge in [0.25, 0.3) is 0 Å². The van der Waals surface area contributed by atoms with Crippen molar-refractivity contribution in [2.24, 2.45) is 0 Å². The predicted molar refractivity (Wildman–Crippen MR) is 115 cm³/mol. The van der Waals surface area contributed by atoms with Gasteiger partial charge >= 0.3 is 12.1 Å². The van der Waals surface area contributed by atoms with Gasteiger partial charge in [0.05, 0.1) is 18.8 Å². The standard InChI is InChI=1S/C23H24F3N3O4/c1-5-20(30)33-10-6-9-32-15-12-16(22(2,3)4)21(31)19(13-15)29-27-17-8-7-14(23(24,25)26)11-18(17)28-29/h5,7-8,11-13,31H,1,6,9-10H2,2-4H3.